The number of anilines is 2. The first-order valence-electron chi connectivity index (χ1n) is 13.2. The highest BCUT2D eigenvalue weighted by Crippen LogP contribution is 2.33. The molecule has 0 radical (unpaired) electrons. The van der Waals surface area contributed by atoms with E-state index < -0.39 is 17.8 Å². The van der Waals surface area contributed by atoms with Crippen LogP contribution in [0.25, 0.3) is 0 Å². The van der Waals surface area contributed by atoms with Gasteiger partial charge in [-0.3, -0.25) is 4.79 Å². The molecule has 0 bridgehead atoms. The fourth-order valence-electron chi connectivity index (χ4n) is 5.46. The lowest BCUT2D eigenvalue weighted by atomic mass is 9.80. The molecule has 0 spiro atoms. The number of nitrogens with zero attached hydrogens (tertiary/aromatic N) is 1. The van der Waals surface area contributed by atoms with Gasteiger partial charge in [0, 0.05) is 18.8 Å². The summed E-state index contributed by atoms with van der Waals surface area (Å²) in [6.45, 7) is 0.914. The van der Waals surface area contributed by atoms with E-state index in [1.807, 2.05) is 12.1 Å². The van der Waals surface area contributed by atoms with Gasteiger partial charge in [-0.25, -0.2) is 18.8 Å². The lowest BCUT2D eigenvalue weighted by molar-refractivity contribution is -0.169. The number of carbonyl (C=O) groups excluding carboxylic acids is 4. The van der Waals surface area contributed by atoms with Crippen LogP contribution in [0.4, 0.5) is 25.4 Å². The van der Waals surface area contributed by atoms with Crippen molar-refractivity contribution >= 4 is 35.4 Å². The van der Waals surface area contributed by atoms with Crippen LogP contribution in [0.3, 0.4) is 0 Å². The molecule has 2 heterocycles. The standard InChI is InChI=1S/C28H31FN4O6/c29-23-3-1-2-4-24(23)31-27(36)30-21-8-7-19-16-33(12-11-18(19)14-21)28(37)38-22-9-5-17(6-10-22)13-20-15-25(34)39-32-26(20)35/h1-4,7-8,14,17,20,22H,5-6,9-13,15-16H2,(H,32,35)(H2,30,31,36). The minimum atomic E-state index is -0.541. The topological polar surface area (TPSA) is 126 Å². The van der Waals surface area contributed by atoms with Crippen molar-refractivity contribution in [2.75, 3.05) is 17.2 Å². The summed E-state index contributed by atoms with van der Waals surface area (Å²) in [4.78, 5) is 54.8. The summed E-state index contributed by atoms with van der Waals surface area (Å²) < 4.78 is 19.6. The second kappa shape index (κ2) is 11.7. The maximum atomic E-state index is 13.8. The van der Waals surface area contributed by atoms with Gasteiger partial charge in [-0.1, -0.05) is 18.2 Å². The van der Waals surface area contributed by atoms with Crippen molar-refractivity contribution in [1.82, 2.24) is 10.4 Å². The number of urea groups is 1. The van der Waals surface area contributed by atoms with Gasteiger partial charge < -0.3 is 25.1 Å². The van der Waals surface area contributed by atoms with E-state index in [-0.39, 0.29) is 36.1 Å². The van der Waals surface area contributed by atoms with E-state index in [2.05, 4.69) is 21.0 Å². The summed E-state index contributed by atoms with van der Waals surface area (Å²) in [7, 11) is 0. The Balaban J connectivity index is 1.07. The van der Waals surface area contributed by atoms with Crippen LogP contribution in [0.15, 0.2) is 42.5 Å². The predicted octanol–water partition coefficient (Wildman–Crippen LogP) is 4.51. The Bertz CT molecular complexity index is 1260. The number of carbonyl (C=O) groups is 4. The third kappa shape index (κ3) is 6.65. The zero-order chi connectivity index (χ0) is 27.4. The first kappa shape index (κ1) is 26.5. The first-order valence-corrected chi connectivity index (χ1v) is 13.2. The van der Waals surface area contributed by atoms with Crippen LogP contribution in [-0.4, -0.2) is 41.5 Å². The molecule has 4 amide bonds. The van der Waals surface area contributed by atoms with E-state index in [4.69, 9.17) is 4.74 Å². The van der Waals surface area contributed by atoms with Gasteiger partial charge in [0.1, 0.15) is 11.9 Å². The third-order valence-electron chi connectivity index (χ3n) is 7.59. The van der Waals surface area contributed by atoms with Gasteiger partial charge in [-0.2, -0.15) is 5.48 Å². The van der Waals surface area contributed by atoms with Crippen molar-refractivity contribution in [3.05, 3.63) is 59.4 Å². The molecule has 1 saturated carbocycles. The maximum Gasteiger partial charge on any atom is 0.410 e. The molecule has 10 nitrogen and oxygen atoms in total. The molecule has 0 aromatic heterocycles. The molecule has 3 aliphatic rings. The van der Waals surface area contributed by atoms with Gasteiger partial charge in [0.25, 0.3) is 5.91 Å². The van der Waals surface area contributed by atoms with E-state index >= 15 is 0 Å². The Morgan fingerprint density at radius 3 is 2.64 bits per heavy atom. The van der Waals surface area contributed by atoms with Crippen molar-refractivity contribution in [3.63, 3.8) is 0 Å². The molecular weight excluding hydrogens is 507 g/mol. The minimum absolute atomic E-state index is 0.0961. The molecule has 2 aromatic carbocycles. The van der Waals surface area contributed by atoms with Crippen LogP contribution in [0.5, 0.6) is 0 Å². The molecule has 39 heavy (non-hydrogen) atoms. The number of halogens is 1. The van der Waals surface area contributed by atoms with Crippen LogP contribution < -0.4 is 16.1 Å². The van der Waals surface area contributed by atoms with Gasteiger partial charge in [0.05, 0.1) is 18.0 Å². The molecule has 2 aromatic rings. The summed E-state index contributed by atoms with van der Waals surface area (Å²) in [6.07, 6.45) is 3.96. The van der Waals surface area contributed by atoms with Crippen molar-refractivity contribution in [3.8, 4) is 0 Å². The van der Waals surface area contributed by atoms with E-state index in [0.29, 0.717) is 37.5 Å². The molecule has 1 unspecified atom stereocenters. The number of hydrogen-bond donors (Lipinski definition) is 3. The second-order valence-electron chi connectivity index (χ2n) is 10.3. The summed E-state index contributed by atoms with van der Waals surface area (Å²) in [5.41, 5.74) is 4.86. The summed E-state index contributed by atoms with van der Waals surface area (Å²) >= 11 is 0. The number of amides is 4. The zero-order valence-corrected chi connectivity index (χ0v) is 21.4. The number of hydroxylamine groups is 1. The number of para-hydroxylation sites is 1. The maximum absolute atomic E-state index is 13.8. The second-order valence-corrected chi connectivity index (χ2v) is 10.3. The smallest absolute Gasteiger partial charge is 0.410 e. The van der Waals surface area contributed by atoms with Crippen molar-refractivity contribution in [2.24, 2.45) is 11.8 Å². The summed E-state index contributed by atoms with van der Waals surface area (Å²) in [5.74, 6) is -1.23. The van der Waals surface area contributed by atoms with Crippen molar-refractivity contribution in [1.29, 1.82) is 0 Å². The molecule has 206 valence electrons. The average Bonchev–Trinajstić information content (AvgIpc) is 2.93. The Morgan fingerprint density at radius 2 is 1.85 bits per heavy atom. The molecule has 1 saturated heterocycles. The van der Waals surface area contributed by atoms with Crippen LogP contribution in [0.1, 0.15) is 49.7 Å². The molecule has 5 rings (SSSR count). The predicted molar refractivity (Wildman–Crippen MR) is 139 cm³/mol. The lowest BCUT2D eigenvalue weighted by Gasteiger charge is -2.33. The van der Waals surface area contributed by atoms with E-state index in [1.165, 1.54) is 12.1 Å². The number of fused-ring (bicyclic) bond motifs is 1. The summed E-state index contributed by atoms with van der Waals surface area (Å²) in [6, 6.07) is 10.9. The Labute approximate surface area is 225 Å². The lowest BCUT2D eigenvalue weighted by Crippen LogP contribution is -2.41. The van der Waals surface area contributed by atoms with Crippen molar-refractivity contribution < 1.29 is 33.1 Å². The quantitative estimate of drug-likeness (QED) is 0.514. The monoisotopic (exact) mass is 538 g/mol. The van der Waals surface area contributed by atoms with E-state index in [1.54, 1.807) is 23.1 Å². The number of hydrogen-bond acceptors (Lipinski definition) is 6. The van der Waals surface area contributed by atoms with Gasteiger partial charge in [0.2, 0.25) is 0 Å². The number of nitrogens with one attached hydrogen (secondary N) is 3. The summed E-state index contributed by atoms with van der Waals surface area (Å²) in [5, 5.41) is 5.22. The molecular formula is C28H31FN4O6. The minimum Gasteiger partial charge on any atom is -0.446 e. The number of rotatable bonds is 5. The fourth-order valence-corrected chi connectivity index (χ4v) is 5.46. The third-order valence-corrected chi connectivity index (χ3v) is 7.59. The highest BCUT2D eigenvalue weighted by molar-refractivity contribution is 5.99. The Morgan fingerprint density at radius 1 is 1.05 bits per heavy atom. The fraction of sp³-hybridized carbons (Fsp3) is 0.429. The van der Waals surface area contributed by atoms with Gasteiger partial charge in [0.15, 0.2) is 0 Å². The first-order chi connectivity index (χ1) is 18.8. The molecule has 2 fully saturated rings. The average molecular weight is 539 g/mol. The molecule has 11 heteroatoms. The molecule has 3 N–H and O–H groups in total. The zero-order valence-electron chi connectivity index (χ0n) is 21.4. The van der Waals surface area contributed by atoms with Crippen LogP contribution in [0.2, 0.25) is 0 Å². The van der Waals surface area contributed by atoms with Gasteiger partial charge >= 0.3 is 18.1 Å². The van der Waals surface area contributed by atoms with Gasteiger partial charge in [-0.05, 0) is 79.8 Å². The largest absolute Gasteiger partial charge is 0.446 e. The molecule has 1 aliphatic carbocycles. The number of benzene rings is 2. The normalized spacial score (nSPS) is 22.7. The van der Waals surface area contributed by atoms with Crippen LogP contribution >= 0.6 is 0 Å². The Hall–Kier alpha value is -4.15. The van der Waals surface area contributed by atoms with Crippen LogP contribution in [-0.2, 0) is 32.1 Å². The highest BCUT2D eigenvalue weighted by Gasteiger charge is 2.34. The molecule has 1 atom stereocenters. The SMILES string of the molecule is O=C(Nc1ccc2c(c1)CCN(C(=O)OC1CCC(CC3CC(=O)ONC3=O)CC1)C2)Nc1ccccc1F. The highest BCUT2D eigenvalue weighted by atomic mass is 19.1. The van der Waals surface area contributed by atoms with E-state index in [0.717, 1.165) is 36.8 Å². The van der Waals surface area contributed by atoms with Crippen LogP contribution in [0, 0.1) is 17.7 Å². The van der Waals surface area contributed by atoms with E-state index in [9.17, 15) is 23.6 Å². The van der Waals surface area contributed by atoms with Crippen molar-refractivity contribution in [2.45, 2.75) is 57.6 Å². The van der Waals surface area contributed by atoms with Gasteiger partial charge in [-0.15, -0.1) is 0 Å². The Kier molecular flexibility index (Phi) is 7.94. The number of ether oxygens (including phenoxy) is 1. The molecule has 2 aliphatic heterocycles.